The molecule has 1 aliphatic carbocycles. The summed E-state index contributed by atoms with van der Waals surface area (Å²) in [6.07, 6.45) is 7.83. The summed E-state index contributed by atoms with van der Waals surface area (Å²) in [7, 11) is 0. The van der Waals surface area contributed by atoms with Gasteiger partial charge in [0, 0.05) is 12.6 Å². The number of ether oxygens (including phenoxy) is 1. The van der Waals surface area contributed by atoms with E-state index in [4.69, 9.17) is 10.5 Å². The molecule has 0 radical (unpaired) electrons. The highest BCUT2D eigenvalue weighted by Gasteiger charge is 2.17. The molecule has 0 aliphatic heterocycles. The fourth-order valence-electron chi connectivity index (χ4n) is 1.34. The first-order chi connectivity index (χ1) is 5.83. The maximum atomic E-state index is 5.78. The Morgan fingerprint density at radius 3 is 2.75 bits per heavy atom. The van der Waals surface area contributed by atoms with Gasteiger partial charge in [0.2, 0.25) is 0 Å². The Balaban J connectivity index is 1.82. The third kappa shape index (κ3) is 3.55. The summed E-state index contributed by atoms with van der Waals surface area (Å²) in [4.78, 5) is 0. The average molecular weight is 171 g/mol. The molecule has 0 spiro atoms. The van der Waals surface area contributed by atoms with E-state index in [1.54, 1.807) is 0 Å². The van der Waals surface area contributed by atoms with Gasteiger partial charge in [-0.3, -0.25) is 0 Å². The van der Waals surface area contributed by atoms with Crippen LogP contribution in [0.25, 0.3) is 0 Å². The maximum absolute atomic E-state index is 5.78. The number of nitrogens with two attached hydrogens (primary N) is 1. The van der Waals surface area contributed by atoms with Crippen LogP contribution in [0.3, 0.4) is 0 Å². The molecule has 0 heterocycles. The largest absolute Gasteiger partial charge is 0.378 e. The second-order valence-corrected chi connectivity index (χ2v) is 3.73. The lowest BCUT2D eigenvalue weighted by Gasteiger charge is -2.25. The van der Waals surface area contributed by atoms with Crippen molar-refractivity contribution in [3.8, 4) is 0 Å². The van der Waals surface area contributed by atoms with E-state index in [1.807, 2.05) is 0 Å². The molecular formula is C10H21NO. The van der Waals surface area contributed by atoms with E-state index < -0.39 is 0 Å². The third-order valence-electron chi connectivity index (χ3n) is 2.65. The van der Waals surface area contributed by atoms with E-state index >= 15 is 0 Å². The summed E-state index contributed by atoms with van der Waals surface area (Å²) < 4.78 is 5.62. The van der Waals surface area contributed by atoms with Crippen molar-refractivity contribution < 1.29 is 4.74 Å². The van der Waals surface area contributed by atoms with Crippen LogP contribution < -0.4 is 5.73 Å². The third-order valence-corrected chi connectivity index (χ3v) is 2.65. The molecule has 2 nitrogen and oxygen atoms in total. The van der Waals surface area contributed by atoms with Crippen molar-refractivity contribution in [3.05, 3.63) is 0 Å². The summed E-state index contributed by atoms with van der Waals surface area (Å²) in [6.45, 7) is 3.05. The zero-order valence-corrected chi connectivity index (χ0v) is 8.09. The molecule has 0 aromatic heterocycles. The molecule has 0 saturated heterocycles. The van der Waals surface area contributed by atoms with Gasteiger partial charge in [0.15, 0.2) is 0 Å². The number of rotatable bonds is 6. The molecule has 72 valence electrons. The molecule has 2 N–H and O–H groups in total. The van der Waals surface area contributed by atoms with Crippen molar-refractivity contribution in [1.82, 2.24) is 0 Å². The molecule has 1 aliphatic rings. The Morgan fingerprint density at radius 1 is 1.50 bits per heavy atom. The van der Waals surface area contributed by atoms with Gasteiger partial charge in [-0.15, -0.1) is 0 Å². The fraction of sp³-hybridized carbons (Fsp3) is 1.00. The van der Waals surface area contributed by atoms with Crippen LogP contribution in [-0.2, 0) is 4.74 Å². The molecule has 1 saturated carbocycles. The van der Waals surface area contributed by atoms with Crippen LogP contribution in [0, 0.1) is 0 Å². The van der Waals surface area contributed by atoms with Gasteiger partial charge in [0.25, 0.3) is 0 Å². The number of hydrogen-bond acceptors (Lipinski definition) is 2. The lowest BCUT2D eigenvalue weighted by atomic mass is 9.96. The van der Waals surface area contributed by atoms with Gasteiger partial charge in [0.05, 0.1) is 6.10 Å². The second kappa shape index (κ2) is 5.55. The van der Waals surface area contributed by atoms with Gasteiger partial charge in [-0.1, -0.05) is 6.92 Å². The quantitative estimate of drug-likeness (QED) is 0.621. The molecule has 0 aromatic rings. The molecular weight excluding hydrogens is 150 g/mol. The van der Waals surface area contributed by atoms with Crippen LogP contribution in [0.15, 0.2) is 0 Å². The van der Waals surface area contributed by atoms with Crippen LogP contribution in [0.1, 0.15) is 45.4 Å². The van der Waals surface area contributed by atoms with Crippen molar-refractivity contribution in [2.75, 3.05) is 6.61 Å². The molecule has 0 bridgehead atoms. The molecule has 0 aromatic carbocycles. The standard InChI is InChI=1S/C10H21NO/c1-2-9(11)5-4-8-12-10-6-3-7-10/h9-10H,2-8,11H2,1H3. The Labute approximate surface area is 75.5 Å². The first-order valence-electron chi connectivity index (χ1n) is 5.20. The van der Waals surface area contributed by atoms with Gasteiger partial charge in [0.1, 0.15) is 0 Å². The van der Waals surface area contributed by atoms with Gasteiger partial charge in [-0.2, -0.15) is 0 Å². The van der Waals surface area contributed by atoms with Crippen LogP contribution in [-0.4, -0.2) is 18.8 Å². The highest BCUT2D eigenvalue weighted by Crippen LogP contribution is 2.21. The van der Waals surface area contributed by atoms with E-state index in [0.29, 0.717) is 12.1 Å². The van der Waals surface area contributed by atoms with Crippen LogP contribution in [0.4, 0.5) is 0 Å². The molecule has 2 heteroatoms. The summed E-state index contributed by atoms with van der Waals surface area (Å²) >= 11 is 0. The first kappa shape index (κ1) is 10.0. The van der Waals surface area contributed by atoms with Gasteiger partial charge >= 0.3 is 0 Å². The Hall–Kier alpha value is -0.0800. The van der Waals surface area contributed by atoms with Crippen molar-refractivity contribution in [2.24, 2.45) is 5.73 Å². The molecule has 1 atom stereocenters. The van der Waals surface area contributed by atoms with Crippen molar-refractivity contribution in [1.29, 1.82) is 0 Å². The van der Waals surface area contributed by atoms with Crippen molar-refractivity contribution >= 4 is 0 Å². The highest BCUT2D eigenvalue weighted by molar-refractivity contribution is 4.69. The Morgan fingerprint density at radius 2 is 2.25 bits per heavy atom. The van der Waals surface area contributed by atoms with Gasteiger partial charge in [-0.25, -0.2) is 0 Å². The van der Waals surface area contributed by atoms with Crippen LogP contribution in [0.2, 0.25) is 0 Å². The normalized spacial score (nSPS) is 20.5. The van der Waals surface area contributed by atoms with E-state index in [9.17, 15) is 0 Å². The summed E-state index contributed by atoms with van der Waals surface area (Å²) in [5, 5.41) is 0. The lowest BCUT2D eigenvalue weighted by Crippen LogP contribution is -2.23. The van der Waals surface area contributed by atoms with E-state index in [0.717, 1.165) is 25.9 Å². The minimum atomic E-state index is 0.384. The predicted octanol–water partition coefficient (Wildman–Crippen LogP) is 2.07. The molecule has 1 unspecified atom stereocenters. The molecule has 1 fully saturated rings. The van der Waals surface area contributed by atoms with E-state index in [-0.39, 0.29) is 0 Å². The van der Waals surface area contributed by atoms with Gasteiger partial charge < -0.3 is 10.5 Å². The molecule has 0 amide bonds. The Bertz CT molecular complexity index is 106. The van der Waals surface area contributed by atoms with Crippen molar-refractivity contribution in [2.45, 2.75) is 57.6 Å². The van der Waals surface area contributed by atoms with Crippen LogP contribution >= 0.6 is 0 Å². The molecule has 1 rings (SSSR count). The smallest absolute Gasteiger partial charge is 0.0575 e. The SMILES string of the molecule is CCC(N)CCCOC1CCC1. The number of hydrogen-bond donors (Lipinski definition) is 1. The highest BCUT2D eigenvalue weighted by atomic mass is 16.5. The fourth-order valence-corrected chi connectivity index (χ4v) is 1.34. The average Bonchev–Trinajstić information content (AvgIpc) is 2.00. The Kier molecular flexibility index (Phi) is 4.62. The zero-order valence-electron chi connectivity index (χ0n) is 8.09. The maximum Gasteiger partial charge on any atom is 0.0575 e. The second-order valence-electron chi connectivity index (χ2n) is 3.73. The van der Waals surface area contributed by atoms with E-state index in [2.05, 4.69) is 6.92 Å². The zero-order chi connectivity index (χ0) is 8.81. The van der Waals surface area contributed by atoms with Gasteiger partial charge in [-0.05, 0) is 38.5 Å². The first-order valence-corrected chi connectivity index (χ1v) is 5.20. The minimum Gasteiger partial charge on any atom is -0.378 e. The molecule has 12 heavy (non-hydrogen) atoms. The van der Waals surface area contributed by atoms with Crippen LogP contribution in [0.5, 0.6) is 0 Å². The summed E-state index contributed by atoms with van der Waals surface area (Å²) in [6, 6.07) is 0.384. The van der Waals surface area contributed by atoms with Crippen molar-refractivity contribution in [3.63, 3.8) is 0 Å². The predicted molar refractivity (Wildman–Crippen MR) is 51.1 cm³/mol. The lowest BCUT2D eigenvalue weighted by molar-refractivity contribution is 0.000283. The minimum absolute atomic E-state index is 0.384. The monoisotopic (exact) mass is 171 g/mol. The topological polar surface area (TPSA) is 35.2 Å². The summed E-state index contributed by atoms with van der Waals surface area (Å²) in [5.74, 6) is 0. The summed E-state index contributed by atoms with van der Waals surface area (Å²) in [5.41, 5.74) is 5.78. The van der Waals surface area contributed by atoms with E-state index in [1.165, 1.54) is 19.3 Å².